The van der Waals surface area contributed by atoms with Gasteiger partial charge in [-0.05, 0) is 23.8 Å². The number of benzene rings is 1. The molecule has 0 N–H and O–H groups in total. The number of hydrogen-bond acceptors (Lipinski definition) is 6. The minimum atomic E-state index is -4.54. The summed E-state index contributed by atoms with van der Waals surface area (Å²) in [7, 11) is 0. The second-order valence-electron chi connectivity index (χ2n) is 6.75. The molecule has 1 atom stereocenters. The molecular weight excluding hydrogens is 385 g/mol. The molecule has 0 bridgehead atoms. The van der Waals surface area contributed by atoms with Gasteiger partial charge in [-0.15, -0.1) is 0 Å². The third-order valence-corrected chi connectivity index (χ3v) is 4.68. The Labute approximate surface area is 165 Å². The van der Waals surface area contributed by atoms with Crippen molar-refractivity contribution < 1.29 is 22.6 Å². The highest BCUT2D eigenvalue weighted by molar-refractivity contribution is 5.81. The van der Waals surface area contributed by atoms with Crippen LogP contribution in [0.1, 0.15) is 11.3 Å². The van der Waals surface area contributed by atoms with Crippen LogP contribution >= 0.6 is 0 Å². The summed E-state index contributed by atoms with van der Waals surface area (Å²) in [5.74, 6) is 0. The van der Waals surface area contributed by atoms with Gasteiger partial charge in [0, 0.05) is 37.4 Å². The quantitative estimate of drug-likeness (QED) is 0.650. The first-order chi connectivity index (χ1) is 14.0. The number of hydrogen-bond donors (Lipinski definition) is 0. The highest BCUT2D eigenvalue weighted by atomic mass is 19.4. The molecule has 2 aromatic heterocycles. The fourth-order valence-electron chi connectivity index (χ4n) is 3.29. The molecular formula is C20H19F3N4O2. The Morgan fingerprint density at radius 3 is 2.79 bits per heavy atom. The molecule has 0 radical (unpaired) electrons. The molecule has 9 heteroatoms. The monoisotopic (exact) mass is 404 g/mol. The van der Waals surface area contributed by atoms with Crippen molar-refractivity contribution in [3.05, 3.63) is 60.0 Å². The van der Waals surface area contributed by atoms with Crippen molar-refractivity contribution >= 4 is 10.9 Å². The summed E-state index contributed by atoms with van der Waals surface area (Å²) in [5.41, 5.74) is 1.08. The van der Waals surface area contributed by atoms with Gasteiger partial charge in [0.15, 0.2) is 5.69 Å². The molecule has 1 saturated heterocycles. The summed E-state index contributed by atoms with van der Waals surface area (Å²) in [6, 6.07) is 10.5. The van der Waals surface area contributed by atoms with Crippen LogP contribution < -0.4 is 4.74 Å². The Morgan fingerprint density at radius 2 is 1.93 bits per heavy atom. The van der Waals surface area contributed by atoms with Gasteiger partial charge in [0.25, 0.3) is 0 Å². The van der Waals surface area contributed by atoms with E-state index in [1.165, 1.54) is 5.56 Å². The van der Waals surface area contributed by atoms with Crippen molar-refractivity contribution in [2.75, 3.05) is 26.3 Å². The normalized spacial score (nSPS) is 18.1. The predicted octanol–water partition coefficient (Wildman–Crippen LogP) is 3.32. The maximum absolute atomic E-state index is 12.8. The van der Waals surface area contributed by atoms with Gasteiger partial charge in [0.2, 0.25) is 0 Å². The standard InChI is InChI=1S/C20H19F3N4O2/c21-20(22,23)18-6-8-25-19(26-18)29-13-15-12-27(9-10-28-15)11-14-5-7-24-17-4-2-1-3-16(14)17/h1-8,15H,9-13H2. The van der Waals surface area contributed by atoms with Gasteiger partial charge in [0.1, 0.15) is 12.7 Å². The average Bonchev–Trinajstić information content (AvgIpc) is 2.72. The lowest BCUT2D eigenvalue weighted by Crippen LogP contribution is -2.44. The molecule has 6 nitrogen and oxygen atoms in total. The number of halogens is 3. The first-order valence-electron chi connectivity index (χ1n) is 9.19. The van der Waals surface area contributed by atoms with Crippen LogP contribution in [0.15, 0.2) is 48.8 Å². The minimum Gasteiger partial charge on any atom is -0.461 e. The fraction of sp³-hybridized carbons (Fsp3) is 0.350. The smallest absolute Gasteiger partial charge is 0.433 e. The molecule has 29 heavy (non-hydrogen) atoms. The maximum atomic E-state index is 12.8. The lowest BCUT2D eigenvalue weighted by molar-refractivity contribution is -0.141. The summed E-state index contributed by atoms with van der Waals surface area (Å²) in [6.45, 7) is 2.67. The van der Waals surface area contributed by atoms with Crippen LogP contribution in [0, 0.1) is 0 Å². The van der Waals surface area contributed by atoms with Gasteiger partial charge in [-0.1, -0.05) is 18.2 Å². The maximum Gasteiger partial charge on any atom is 0.433 e. The lowest BCUT2D eigenvalue weighted by Gasteiger charge is -2.32. The van der Waals surface area contributed by atoms with E-state index in [9.17, 15) is 13.2 Å². The Bertz CT molecular complexity index is 978. The fourth-order valence-corrected chi connectivity index (χ4v) is 3.29. The zero-order valence-electron chi connectivity index (χ0n) is 15.5. The minimum absolute atomic E-state index is 0.0783. The third-order valence-electron chi connectivity index (χ3n) is 4.68. The van der Waals surface area contributed by atoms with Gasteiger partial charge in [-0.25, -0.2) is 4.98 Å². The molecule has 1 fully saturated rings. The van der Waals surface area contributed by atoms with Gasteiger partial charge in [-0.2, -0.15) is 18.2 Å². The Kier molecular flexibility index (Phi) is 5.59. The molecule has 1 unspecified atom stereocenters. The number of rotatable bonds is 5. The number of morpholine rings is 1. The van der Waals surface area contributed by atoms with Crippen LogP contribution in [0.25, 0.3) is 10.9 Å². The number of fused-ring (bicyclic) bond motifs is 1. The van der Waals surface area contributed by atoms with Crippen LogP contribution in [0.3, 0.4) is 0 Å². The number of pyridine rings is 1. The van der Waals surface area contributed by atoms with E-state index >= 15 is 0 Å². The van der Waals surface area contributed by atoms with Crippen molar-refractivity contribution in [3.63, 3.8) is 0 Å². The Morgan fingerprint density at radius 1 is 1.10 bits per heavy atom. The number of alkyl halides is 3. The predicted molar refractivity (Wildman–Crippen MR) is 99.3 cm³/mol. The molecule has 152 valence electrons. The van der Waals surface area contributed by atoms with Crippen LogP contribution in [-0.2, 0) is 17.5 Å². The molecule has 0 amide bonds. The number of nitrogens with zero attached hydrogens (tertiary/aromatic N) is 4. The van der Waals surface area contributed by atoms with Crippen molar-refractivity contribution in [2.24, 2.45) is 0 Å². The van der Waals surface area contributed by atoms with Crippen molar-refractivity contribution in [2.45, 2.75) is 18.8 Å². The summed E-state index contributed by atoms with van der Waals surface area (Å²) in [5, 5.41) is 1.10. The van der Waals surface area contributed by atoms with Crippen LogP contribution in [0.2, 0.25) is 0 Å². The van der Waals surface area contributed by atoms with E-state index in [0.29, 0.717) is 13.2 Å². The van der Waals surface area contributed by atoms with Crippen LogP contribution in [-0.4, -0.2) is 52.3 Å². The van der Waals surface area contributed by atoms with E-state index in [4.69, 9.17) is 9.47 Å². The number of para-hydroxylation sites is 1. The molecule has 1 aromatic carbocycles. The Hall–Kier alpha value is -2.78. The number of ether oxygens (including phenoxy) is 2. The van der Waals surface area contributed by atoms with E-state index in [2.05, 4.69) is 19.9 Å². The molecule has 3 heterocycles. The van der Waals surface area contributed by atoms with Crippen molar-refractivity contribution in [3.8, 4) is 6.01 Å². The van der Waals surface area contributed by atoms with E-state index in [-0.39, 0.29) is 18.7 Å². The topological polar surface area (TPSA) is 60.4 Å². The second-order valence-corrected chi connectivity index (χ2v) is 6.75. The molecule has 4 rings (SSSR count). The molecule has 0 saturated carbocycles. The zero-order chi connectivity index (χ0) is 20.3. The highest BCUT2D eigenvalue weighted by Gasteiger charge is 2.33. The van der Waals surface area contributed by atoms with Crippen molar-refractivity contribution in [1.82, 2.24) is 19.9 Å². The summed E-state index contributed by atoms with van der Waals surface area (Å²) in [4.78, 5) is 13.8. The van der Waals surface area contributed by atoms with Crippen LogP contribution in [0.4, 0.5) is 13.2 Å². The summed E-state index contributed by atoms with van der Waals surface area (Å²) < 4.78 is 49.3. The number of aromatic nitrogens is 3. The van der Waals surface area contributed by atoms with E-state index < -0.39 is 11.9 Å². The van der Waals surface area contributed by atoms with Crippen molar-refractivity contribution in [1.29, 1.82) is 0 Å². The summed E-state index contributed by atoms with van der Waals surface area (Å²) >= 11 is 0. The first-order valence-corrected chi connectivity index (χ1v) is 9.19. The van der Waals surface area contributed by atoms with E-state index in [1.807, 2.05) is 30.3 Å². The van der Waals surface area contributed by atoms with Gasteiger partial charge >= 0.3 is 12.2 Å². The zero-order valence-corrected chi connectivity index (χ0v) is 15.5. The first kappa shape index (κ1) is 19.5. The van der Waals surface area contributed by atoms with Gasteiger partial charge in [0.05, 0.1) is 12.1 Å². The van der Waals surface area contributed by atoms with E-state index in [0.717, 1.165) is 36.3 Å². The third kappa shape index (κ3) is 4.80. The molecule has 3 aromatic rings. The average molecular weight is 404 g/mol. The summed E-state index contributed by atoms with van der Waals surface area (Å²) in [6.07, 6.45) is -1.99. The Balaban J connectivity index is 1.38. The second kappa shape index (κ2) is 8.30. The molecule has 0 spiro atoms. The molecule has 0 aliphatic carbocycles. The van der Waals surface area contributed by atoms with Gasteiger partial charge < -0.3 is 9.47 Å². The molecule has 1 aliphatic rings. The van der Waals surface area contributed by atoms with Crippen LogP contribution in [0.5, 0.6) is 6.01 Å². The largest absolute Gasteiger partial charge is 0.461 e. The van der Waals surface area contributed by atoms with Gasteiger partial charge in [-0.3, -0.25) is 9.88 Å². The molecule has 1 aliphatic heterocycles. The lowest BCUT2D eigenvalue weighted by atomic mass is 10.1. The SMILES string of the molecule is FC(F)(F)c1ccnc(OCC2CN(Cc3ccnc4ccccc34)CCO2)n1. The van der Waals surface area contributed by atoms with E-state index in [1.54, 1.807) is 6.20 Å². The highest BCUT2D eigenvalue weighted by Crippen LogP contribution is 2.28.